The summed E-state index contributed by atoms with van der Waals surface area (Å²) in [5, 5.41) is 20.2. The van der Waals surface area contributed by atoms with E-state index in [2.05, 4.69) is 5.43 Å². The Morgan fingerprint density at radius 2 is 1.59 bits per heavy atom. The fourth-order valence-corrected chi connectivity index (χ4v) is 4.23. The Kier molecular flexibility index (Phi) is 15.4. The van der Waals surface area contributed by atoms with Gasteiger partial charge >= 0.3 is 5.97 Å². The first-order valence-corrected chi connectivity index (χ1v) is 13.5. The molecule has 12 heteroatoms. The van der Waals surface area contributed by atoms with Gasteiger partial charge in [-0.25, -0.2) is 10.3 Å². The molecule has 0 heterocycles. The number of allylic oxidation sites excluding steroid dienone is 1. The summed E-state index contributed by atoms with van der Waals surface area (Å²) in [7, 11) is 0. The summed E-state index contributed by atoms with van der Waals surface area (Å²) in [6, 6.07) is 9.42. The van der Waals surface area contributed by atoms with E-state index in [-0.39, 0.29) is 35.9 Å². The number of carboxylic acids is 1. The zero-order valence-corrected chi connectivity index (χ0v) is 25.0. The molecule has 1 aromatic carbocycles. The Labute approximate surface area is 241 Å². The van der Waals surface area contributed by atoms with E-state index in [4.69, 9.17) is 10.5 Å². The monoisotopic (exact) mass is 582 g/mol. The Hall–Kier alpha value is -3.35. The van der Waals surface area contributed by atoms with E-state index in [9.17, 15) is 29.5 Å². The van der Waals surface area contributed by atoms with Crippen molar-refractivity contribution in [3.8, 4) is 0 Å². The highest BCUT2D eigenvalue weighted by atomic mass is 19.0. The molecule has 0 spiro atoms. The number of aliphatic carboxylic acids is 1. The molecule has 0 aliphatic heterocycles. The molecule has 0 saturated heterocycles. The van der Waals surface area contributed by atoms with Gasteiger partial charge in [0.15, 0.2) is 0 Å². The first-order chi connectivity index (χ1) is 18.5. The van der Waals surface area contributed by atoms with Gasteiger partial charge in [-0.05, 0) is 51.0 Å². The predicted octanol–water partition coefficient (Wildman–Crippen LogP) is 3.49. The summed E-state index contributed by atoms with van der Waals surface area (Å²) in [6.07, 6.45) is 3.27. The topological polar surface area (TPSA) is 171 Å². The summed E-state index contributed by atoms with van der Waals surface area (Å²) in [4.78, 5) is 51.6. The molecule has 0 unspecified atom stereocenters. The lowest BCUT2D eigenvalue weighted by Gasteiger charge is -2.35. The lowest BCUT2D eigenvalue weighted by molar-refractivity contribution is -0.189. The Bertz CT molecular complexity index is 1030. The first kappa shape index (κ1) is 37.6. The number of carbonyl (C=O) groups excluding carboxylic acids is 3. The second-order valence-corrected chi connectivity index (χ2v) is 11.8. The van der Waals surface area contributed by atoms with Crippen LogP contribution in [0.25, 0.3) is 6.08 Å². The van der Waals surface area contributed by atoms with E-state index in [0.29, 0.717) is 0 Å². The van der Waals surface area contributed by atoms with Crippen LogP contribution in [-0.4, -0.2) is 56.9 Å². The van der Waals surface area contributed by atoms with Crippen molar-refractivity contribution in [2.45, 2.75) is 79.1 Å². The number of hydrazine groups is 1. The van der Waals surface area contributed by atoms with Gasteiger partial charge in [0.2, 0.25) is 23.4 Å². The van der Waals surface area contributed by atoms with Crippen LogP contribution in [0.15, 0.2) is 36.4 Å². The largest absolute Gasteiger partial charge is 0.478 e. The number of ether oxygens (including phenoxy) is 1. The van der Waals surface area contributed by atoms with Gasteiger partial charge in [-0.15, -0.1) is 0 Å². The summed E-state index contributed by atoms with van der Waals surface area (Å²) >= 11 is 0. The molecule has 0 aromatic heterocycles. The minimum atomic E-state index is -2.33. The van der Waals surface area contributed by atoms with Crippen LogP contribution in [0.3, 0.4) is 0 Å². The van der Waals surface area contributed by atoms with Crippen LogP contribution < -0.4 is 16.6 Å². The van der Waals surface area contributed by atoms with Crippen molar-refractivity contribution in [1.29, 1.82) is 0 Å². The fourth-order valence-electron chi connectivity index (χ4n) is 4.23. The van der Waals surface area contributed by atoms with Gasteiger partial charge in [0.1, 0.15) is 0 Å². The number of carboxylic acid groups (broad SMARTS) is 1. The number of hydrogen-bond donors (Lipinski definition) is 5. The number of nitrogens with zero attached hydrogens (tertiary/aromatic N) is 1. The zero-order valence-electron chi connectivity index (χ0n) is 25.0. The van der Waals surface area contributed by atoms with Crippen LogP contribution >= 0.6 is 0 Å². The highest BCUT2D eigenvalue weighted by Crippen LogP contribution is 2.26. The average molecular weight is 583 g/mol. The number of amides is 3. The molecule has 0 fully saturated rings. The van der Waals surface area contributed by atoms with Crippen LogP contribution in [0.1, 0.15) is 73.3 Å². The Balaban J connectivity index is 0.0000160. The van der Waals surface area contributed by atoms with E-state index in [1.807, 2.05) is 64.1 Å². The van der Waals surface area contributed by atoms with Gasteiger partial charge in [-0.1, -0.05) is 70.2 Å². The number of nitrogens with one attached hydrogen (secondary N) is 2. The van der Waals surface area contributed by atoms with Crippen LogP contribution in [0.4, 0.5) is 4.70 Å². The quantitative estimate of drug-likeness (QED) is 0.126. The molecule has 11 nitrogen and oxygen atoms in total. The second kappa shape index (κ2) is 16.8. The van der Waals surface area contributed by atoms with E-state index in [1.54, 1.807) is 32.3 Å². The maximum absolute atomic E-state index is 13.6. The summed E-state index contributed by atoms with van der Waals surface area (Å²) < 4.78 is 5.51. The summed E-state index contributed by atoms with van der Waals surface area (Å²) in [5.41, 5.74) is 7.88. The highest BCUT2D eigenvalue weighted by Gasteiger charge is 2.43. The molecule has 1 aromatic rings. The smallest absolute Gasteiger partial charge is 0.351 e. The van der Waals surface area contributed by atoms with Crippen LogP contribution in [-0.2, 0) is 23.9 Å². The van der Waals surface area contributed by atoms with Gasteiger partial charge in [0.05, 0.1) is 23.9 Å². The van der Waals surface area contributed by atoms with Gasteiger partial charge in [-0.3, -0.25) is 40.5 Å². The molecular weight excluding hydrogens is 535 g/mol. The second-order valence-electron chi connectivity index (χ2n) is 11.8. The molecule has 3 amide bonds. The Morgan fingerprint density at radius 1 is 1.00 bits per heavy atom. The molecule has 232 valence electrons. The molecule has 41 heavy (non-hydrogen) atoms. The molecule has 0 aliphatic rings. The maximum Gasteiger partial charge on any atom is 0.351 e. The lowest BCUT2D eigenvalue weighted by atomic mass is 9.82. The standard InChI is InChI=1S/C29H46N4O7.FH/c1-19(2)16-23(22(26(36)32-39)15-11-14-21-12-9-8-10-13-21)25(35)31-33(18-20(3)4)24(34)17-29(30,27(37)38)40-28(5,6)7;/h8-14,19-20,22-23,39H,15-18,30H2,1-7H3,(H,31,35)(H,32,36)(H,37,38);1H/b14-11+;/t22-,23+,29-;/m0./s1. The van der Waals surface area contributed by atoms with Crippen molar-refractivity contribution in [3.63, 3.8) is 0 Å². The number of hydrogen-bond acceptors (Lipinski definition) is 7. The van der Waals surface area contributed by atoms with Gasteiger partial charge in [-0.2, -0.15) is 0 Å². The van der Waals surface area contributed by atoms with Crippen molar-refractivity contribution in [2.24, 2.45) is 29.4 Å². The van der Waals surface area contributed by atoms with Crippen molar-refractivity contribution >= 4 is 29.8 Å². The maximum atomic E-state index is 13.6. The van der Waals surface area contributed by atoms with E-state index < -0.39 is 53.3 Å². The van der Waals surface area contributed by atoms with Gasteiger partial charge in [0.25, 0.3) is 0 Å². The minimum absolute atomic E-state index is 0. The molecule has 0 bridgehead atoms. The zero-order chi connectivity index (χ0) is 30.7. The molecule has 6 N–H and O–H groups in total. The molecule has 0 radical (unpaired) electrons. The Morgan fingerprint density at radius 3 is 2.05 bits per heavy atom. The number of nitrogens with two attached hydrogens (primary N) is 1. The fraction of sp³-hybridized carbons (Fsp3) is 0.586. The average Bonchev–Trinajstić information content (AvgIpc) is 2.83. The summed E-state index contributed by atoms with van der Waals surface area (Å²) in [5.74, 6) is -5.58. The number of carbonyl (C=O) groups is 4. The lowest BCUT2D eigenvalue weighted by Crippen LogP contribution is -2.59. The number of benzene rings is 1. The normalized spacial score (nSPS) is 14.6. The minimum Gasteiger partial charge on any atom is -0.478 e. The molecule has 0 aliphatic carbocycles. The van der Waals surface area contributed by atoms with Crippen LogP contribution in [0.5, 0.6) is 0 Å². The number of hydroxylamine groups is 1. The molecule has 0 saturated carbocycles. The van der Waals surface area contributed by atoms with Gasteiger partial charge < -0.3 is 9.84 Å². The highest BCUT2D eigenvalue weighted by molar-refractivity contribution is 5.90. The first-order valence-electron chi connectivity index (χ1n) is 13.5. The molecular formula is C29H47FN4O7. The van der Waals surface area contributed by atoms with Crippen molar-refractivity contribution in [1.82, 2.24) is 15.9 Å². The third-order valence-electron chi connectivity index (χ3n) is 5.85. The van der Waals surface area contributed by atoms with E-state index in [1.165, 1.54) is 0 Å². The van der Waals surface area contributed by atoms with Crippen LogP contribution in [0, 0.1) is 23.7 Å². The van der Waals surface area contributed by atoms with Gasteiger partial charge in [0, 0.05) is 6.54 Å². The number of halogens is 1. The third kappa shape index (κ3) is 13.2. The predicted molar refractivity (Wildman–Crippen MR) is 154 cm³/mol. The third-order valence-corrected chi connectivity index (χ3v) is 5.85. The van der Waals surface area contributed by atoms with E-state index >= 15 is 0 Å². The van der Waals surface area contributed by atoms with Crippen molar-refractivity contribution in [3.05, 3.63) is 42.0 Å². The van der Waals surface area contributed by atoms with Crippen molar-refractivity contribution in [2.75, 3.05) is 6.54 Å². The number of rotatable bonds is 14. The molecule has 1 rings (SSSR count). The summed E-state index contributed by atoms with van der Waals surface area (Å²) in [6.45, 7) is 12.4. The van der Waals surface area contributed by atoms with Crippen molar-refractivity contribution < 1.29 is 38.9 Å². The molecule has 3 atom stereocenters. The van der Waals surface area contributed by atoms with Crippen LogP contribution in [0.2, 0.25) is 0 Å². The SMILES string of the molecule is CC(C)C[C@@H](C(=O)NN(CC(C)C)C(=O)C[C@](N)(OC(C)(C)C)C(=O)O)[C@H](C/C=C/c1ccccc1)C(=O)NO.F. The van der Waals surface area contributed by atoms with E-state index in [0.717, 1.165) is 10.6 Å².